The molecule has 3 heterocycles. The van der Waals surface area contributed by atoms with Crippen LogP contribution in [0.15, 0.2) is 41.8 Å². The third-order valence-electron chi connectivity index (χ3n) is 7.52. The molecular weight excluding hydrogens is 454 g/mol. The summed E-state index contributed by atoms with van der Waals surface area (Å²) in [7, 11) is 0. The van der Waals surface area contributed by atoms with E-state index in [1.165, 1.54) is 41.7 Å². The van der Waals surface area contributed by atoms with Crippen LogP contribution >= 0.6 is 11.3 Å². The van der Waals surface area contributed by atoms with Crippen LogP contribution < -0.4 is 0 Å². The molecule has 190 valence electrons. The van der Waals surface area contributed by atoms with Crippen LogP contribution in [-0.2, 0) is 16.0 Å². The monoisotopic (exact) mass is 495 g/mol. The molecule has 1 saturated heterocycles. The highest BCUT2D eigenvalue weighted by Gasteiger charge is 2.30. The van der Waals surface area contributed by atoms with Crippen LogP contribution in [0.4, 0.5) is 0 Å². The molecular formula is C29H41N3O2S. The molecule has 5 nitrogen and oxygen atoms in total. The Labute approximate surface area is 215 Å². The van der Waals surface area contributed by atoms with Gasteiger partial charge in [0.15, 0.2) is 0 Å². The molecule has 1 unspecified atom stereocenters. The lowest BCUT2D eigenvalue weighted by atomic mass is 9.93. The zero-order valence-corrected chi connectivity index (χ0v) is 22.1. The Kier molecular flexibility index (Phi) is 9.78. The van der Waals surface area contributed by atoms with Crippen LogP contribution in [-0.4, -0.2) is 65.8 Å². The molecule has 1 atom stereocenters. The number of carbonyl (C=O) groups is 2. The van der Waals surface area contributed by atoms with E-state index in [0.717, 1.165) is 32.4 Å². The highest BCUT2D eigenvalue weighted by molar-refractivity contribution is 7.10. The number of hydrogen-bond donors (Lipinski definition) is 0. The normalized spacial score (nSPS) is 18.5. The van der Waals surface area contributed by atoms with Gasteiger partial charge >= 0.3 is 0 Å². The fraction of sp³-hybridized carbons (Fsp3) is 0.586. The summed E-state index contributed by atoms with van der Waals surface area (Å²) in [4.78, 5) is 33.5. The minimum absolute atomic E-state index is 0.218. The number of fused-ring (bicyclic) bond motifs is 1. The van der Waals surface area contributed by atoms with E-state index < -0.39 is 0 Å². The van der Waals surface area contributed by atoms with Gasteiger partial charge in [-0.25, -0.2) is 0 Å². The number of hydrogen-bond acceptors (Lipinski definition) is 4. The average Bonchev–Trinajstić information content (AvgIpc) is 3.38. The Hall–Kier alpha value is -2.18. The van der Waals surface area contributed by atoms with Crippen molar-refractivity contribution in [2.45, 2.75) is 70.8 Å². The van der Waals surface area contributed by atoms with Gasteiger partial charge in [0.1, 0.15) is 0 Å². The van der Waals surface area contributed by atoms with Crippen molar-refractivity contribution in [2.75, 3.05) is 39.3 Å². The molecule has 2 aliphatic heterocycles. The Bertz CT molecular complexity index is 936. The average molecular weight is 496 g/mol. The number of amides is 2. The second-order valence-corrected chi connectivity index (χ2v) is 10.9. The van der Waals surface area contributed by atoms with Gasteiger partial charge in [0, 0.05) is 57.0 Å². The molecule has 0 radical (unpaired) electrons. The lowest BCUT2D eigenvalue weighted by Crippen LogP contribution is -2.51. The predicted octanol–water partition coefficient (Wildman–Crippen LogP) is 5.51. The first-order chi connectivity index (χ1) is 17.2. The summed E-state index contributed by atoms with van der Waals surface area (Å²) >= 11 is 1.85. The van der Waals surface area contributed by atoms with Crippen LogP contribution in [0.5, 0.6) is 0 Å². The summed E-state index contributed by atoms with van der Waals surface area (Å²) in [5, 5.41) is 2.20. The number of piperazine rings is 1. The van der Waals surface area contributed by atoms with E-state index in [1.54, 1.807) is 0 Å². The van der Waals surface area contributed by atoms with Crippen molar-refractivity contribution >= 4 is 23.2 Å². The topological polar surface area (TPSA) is 43.9 Å². The summed E-state index contributed by atoms with van der Waals surface area (Å²) in [5.41, 5.74) is 2.70. The van der Waals surface area contributed by atoms with Crippen LogP contribution in [0.3, 0.4) is 0 Å². The maximum atomic E-state index is 13.1. The van der Waals surface area contributed by atoms with E-state index in [9.17, 15) is 9.59 Å². The van der Waals surface area contributed by atoms with Crippen molar-refractivity contribution in [1.29, 1.82) is 0 Å². The van der Waals surface area contributed by atoms with Crippen LogP contribution in [0.25, 0.3) is 0 Å². The van der Waals surface area contributed by atoms with E-state index in [4.69, 9.17) is 0 Å². The molecule has 2 amide bonds. The van der Waals surface area contributed by atoms with Crippen molar-refractivity contribution in [1.82, 2.24) is 14.7 Å². The maximum Gasteiger partial charge on any atom is 0.223 e. The lowest BCUT2D eigenvalue weighted by Gasteiger charge is -2.38. The number of benzene rings is 1. The lowest BCUT2D eigenvalue weighted by molar-refractivity contribution is -0.139. The van der Waals surface area contributed by atoms with Crippen LogP contribution in [0.2, 0.25) is 0 Å². The summed E-state index contributed by atoms with van der Waals surface area (Å²) in [6.45, 7) is 6.66. The summed E-state index contributed by atoms with van der Waals surface area (Å²) in [6.07, 6.45) is 9.46. The Balaban J connectivity index is 1.22. The van der Waals surface area contributed by atoms with Crippen molar-refractivity contribution in [2.24, 2.45) is 0 Å². The molecule has 1 aromatic carbocycles. The third-order valence-corrected chi connectivity index (χ3v) is 8.52. The summed E-state index contributed by atoms with van der Waals surface area (Å²) < 4.78 is 0. The van der Waals surface area contributed by atoms with E-state index in [2.05, 4.69) is 53.6 Å². The van der Waals surface area contributed by atoms with E-state index >= 15 is 0 Å². The quantitative estimate of drug-likeness (QED) is 0.386. The molecule has 0 bridgehead atoms. The van der Waals surface area contributed by atoms with Gasteiger partial charge in [-0.15, -0.1) is 11.3 Å². The van der Waals surface area contributed by atoms with Gasteiger partial charge in [0.05, 0.1) is 6.04 Å². The van der Waals surface area contributed by atoms with Crippen molar-refractivity contribution in [3.8, 4) is 0 Å². The minimum atomic E-state index is 0.218. The smallest absolute Gasteiger partial charge is 0.223 e. The van der Waals surface area contributed by atoms with Gasteiger partial charge in [0.2, 0.25) is 11.8 Å². The second kappa shape index (κ2) is 13.2. The molecule has 0 aliphatic carbocycles. The molecule has 4 rings (SSSR count). The van der Waals surface area contributed by atoms with Gasteiger partial charge in [0.25, 0.3) is 0 Å². The number of thiophene rings is 1. The molecule has 35 heavy (non-hydrogen) atoms. The maximum absolute atomic E-state index is 13.1. The SMILES string of the molecule is CCCCCCCCC(=O)N1CCN(C(=O)CCN2CCc3sccc3C2c2ccccc2)CC1. The zero-order chi connectivity index (χ0) is 24.5. The Morgan fingerprint density at radius 3 is 2.20 bits per heavy atom. The number of nitrogens with zero attached hydrogens (tertiary/aromatic N) is 3. The third kappa shape index (κ3) is 6.95. The summed E-state index contributed by atoms with van der Waals surface area (Å²) in [6, 6.07) is 13.2. The molecule has 2 aromatic rings. The Morgan fingerprint density at radius 2 is 1.49 bits per heavy atom. The van der Waals surface area contributed by atoms with Crippen LogP contribution in [0.1, 0.15) is 80.3 Å². The first-order valence-electron chi connectivity index (χ1n) is 13.6. The predicted molar refractivity (Wildman–Crippen MR) is 144 cm³/mol. The number of carbonyl (C=O) groups excluding carboxylic acids is 2. The Morgan fingerprint density at radius 1 is 0.829 bits per heavy atom. The molecule has 6 heteroatoms. The van der Waals surface area contributed by atoms with Crippen molar-refractivity contribution in [3.63, 3.8) is 0 Å². The number of unbranched alkanes of at least 4 members (excludes halogenated alkanes) is 5. The van der Waals surface area contributed by atoms with Gasteiger partial charge < -0.3 is 9.80 Å². The van der Waals surface area contributed by atoms with E-state index in [1.807, 2.05) is 21.1 Å². The van der Waals surface area contributed by atoms with E-state index in [0.29, 0.717) is 39.0 Å². The highest BCUT2D eigenvalue weighted by Crippen LogP contribution is 2.37. The van der Waals surface area contributed by atoms with Gasteiger partial charge in [-0.1, -0.05) is 69.4 Å². The van der Waals surface area contributed by atoms with Gasteiger partial charge in [-0.05, 0) is 35.4 Å². The molecule has 1 aromatic heterocycles. The second-order valence-electron chi connectivity index (χ2n) is 9.93. The fourth-order valence-corrected chi connectivity index (χ4v) is 6.36. The standard InChI is InChI=1S/C29H41N3O2S/c1-2-3-4-5-6-10-13-27(33)30-19-21-31(22-20-30)28(34)15-18-32-17-14-26-25(16-23-35-26)29(32)24-11-8-7-9-12-24/h7-9,11-12,16,23,29H,2-6,10,13-15,17-22H2,1H3. The van der Waals surface area contributed by atoms with Crippen molar-refractivity contribution in [3.05, 3.63) is 57.8 Å². The van der Waals surface area contributed by atoms with Gasteiger partial charge in [-0.3, -0.25) is 14.5 Å². The first-order valence-corrected chi connectivity index (χ1v) is 14.5. The fourth-order valence-electron chi connectivity index (χ4n) is 5.45. The minimum Gasteiger partial charge on any atom is -0.339 e. The van der Waals surface area contributed by atoms with Crippen LogP contribution in [0, 0.1) is 0 Å². The van der Waals surface area contributed by atoms with Gasteiger partial charge in [-0.2, -0.15) is 0 Å². The molecule has 0 spiro atoms. The molecule has 2 aliphatic rings. The zero-order valence-electron chi connectivity index (χ0n) is 21.3. The largest absolute Gasteiger partial charge is 0.339 e. The highest BCUT2D eigenvalue weighted by atomic mass is 32.1. The first kappa shape index (κ1) is 25.9. The molecule has 0 N–H and O–H groups in total. The van der Waals surface area contributed by atoms with Crippen molar-refractivity contribution < 1.29 is 9.59 Å². The van der Waals surface area contributed by atoms with E-state index in [-0.39, 0.29) is 17.9 Å². The summed E-state index contributed by atoms with van der Waals surface area (Å²) in [5.74, 6) is 0.481. The molecule has 1 fully saturated rings. The molecule has 0 saturated carbocycles. The number of rotatable bonds is 11.